The zero-order valence-corrected chi connectivity index (χ0v) is 18.8. The van der Waals surface area contributed by atoms with Gasteiger partial charge in [0.05, 0.1) is 17.1 Å². The third-order valence-electron chi connectivity index (χ3n) is 7.64. The van der Waals surface area contributed by atoms with E-state index in [4.69, 9.17) is 14.0 Å². The van der Waals surface area contributed by atoms with Crippen molar-refractivity contribution < 1.29 is 23.9 Å². The number of fused-ring (bicyclic) bond motifs is 3. The van der Waals surface area contributed by atoms with Gasteiger partial charge >= 0.3 is 13.1 Å². The Morgan fingerprint density at radius 2 is 1.84 bits per heavy atom. The highest BCUT2D eigenvalue weighted by Gasteiger charge is 2.59. The molecule has 0 amide bonds. The summed E-state index contributed by atoms with van der Waals surface area (Å²) in [5.74, 6) is 0.423. The van der Waals surface area contributed by atoms with Crippen molar-refractivity contribution in [1.29, 1.82) is 0 Å². The van der Waals surface area contributed by atoms with E-state index in [0.717, 1.165) is 28.8 Å². The van der Waals surface area contributed by atoms with E-state index in [-0.39, 0.29) is 36.1 Å². The fourth-order valence-corrected chi connectivity index (χ4v) is 4.99. The molecule has 1 N–H and O–H groups in total. The predicted octanol–water partition coefficient (Wildman–Crippen LogP) is 3.84. The molecule has 6 heteroatoms. The normalized spacial score (nSPS) is 27.0. The highest BCUT2D eigenvalue weighted by molar-refractivity contribution is 6.62. The van der Waals surface area contributed by atoms with E-state index in [9.17, 15) is 9.90 Å². The molecule has 31 heavy (non-hydrogen) atoms. The molecule has 5 nitrogen and oxygen atoms in total. The van der Waals surface area contributed by atoms with Crippen LogP contribution in [-0.4, -0.2) is 29.4 Å². The lowest BCUT2D eigenvalue weighted by molar-refractivity contribution is -0.139. The number of carboxylic acid groups (broad SMARTS) is 1. The van der Waals surface area contributed by atoms with E-state index in [2.05, 4.69) is 58.9 Å². The number of hydrogen-bond acceptors (Lipinski definition) is 4. The van der Waals surface area contributed by atoms with Crippen LogP contribution >= 0.6 is 0 Å². The highest BCUT2D eigenvalue weighted by atomic mass is 16.7. The van der Waals surface area contributed by atoms with Gasteiger partial charge in [-0.1, -0.05) is 29.8 Å². The van der Waals surface area contributed by atoms with Crippen molar-refractivity contribution in [3.05, 3.63) is 58.7 Å². The summed E-state index contributed by atoms with van der Waals surface area (Å²) in [5.41, 5.74) is 4.89. The molecule has 2 aliphatic carbocycles. The molecule has 2 aromatic carbocycles. The van der Waals surface area contributed by atoms with Gasteiger partial charge in [-0.25, -0.2) is 0 Å². The van der Waals surface area contributed by atoms with Gasteiger partial charge in [0.15, 0.2) is 0 Å². The Kier molecular flexibility index (Phi) is 4.55. The highest BCUT2D eigenvalue weighted by Crippen LogP contribution is 2.61. The first-order chi connectivity index (χ1) is 14.6. The molecule has 1 saturated heterocycles. The van der Waals surface area contributed by atoms with Gasteiger partial charge in [0.1, 0.15) is 12.4 Å². The van der Waals surface area contributed by atoms with Gasteiger partial charge in [-0.3, -0.25) is 4.79 Å². The molecule has 2 fully saturated rings. The molecule has 3 aliphatic rings. The summed E-state index contributed by atoms with van der Waals surface area (Å²) in [6, 6.07) is 12.3. The summed E-state index contributed by atoms with van der Waals surface area (Å²) < 4.78 is 18.6. The fraction of sp³-hybridized carbons (Fsp3) is 0.480. The number of carbonyl (C=O) groups is 1. The van der Waals surface area contributed by atoms with Crippen LogP contribution in [0.3, 0.4) is 0 Å². The molecule has 3 unspecified atom stereocenters. The van der Waals surface area contributed by atoms with Crippen LogP contribution in [0.15, 0.2) is 36.4 Å². The summed E-state index contributed by atoms with van der Waals surface area (Å²) in [7, 11) is -0.390. The van der Waals surface area contributed by atoms with Crippen LogP contribution in [0, 0.1) is 18.8 Å². The van der Waals surface area contributed by atoms with Gasteiger partial charge in [-0.2, -0.15) is 0 Å². The van der Waals surface area contributed by atoms with Crippen molar-refractivity contribution in [2.75, 3.05) is 0 Å². The van der Waals surface area contributed by atoms with Crippen LogP contribution in [0.2, 0.25) is 0 Å². The molecular formula is C25H29BO5. The van der Waals surface area contributed by atoms with E-state index in [0.29, 0.717) is 6.61 Å². The zero-order chi connectivity index (χ0) is 22.1. The van der Waals surface area contributed by atoms with Crippen molar-refractivity contribution in [3.8, 4) is 5.75 Å². The molecule has 1 heterocycles. The van der Waals surface area contributed by atoms with Crippen LogP contribution < -0.4 is 10.2 Å². The van der Waals surface area contributed by atoms with Gasteiger partial charge in [0, 0.05) is 5.92 Å². The molecular weight excluding hydrogens is 391 g/mol. The topological polar surface area (TPSA) is 65.0 Å². The fourth-order valence-electron chi connectivity index (χ4n) is 4.99. The summed E-state index contributed by atoms with van der Waals surface area (Å²) in [6.07, 6.45) is 0.838. The number of aryl methyl sites for hydroxylation is 1. The van der Waals surface area contributed by atoms with E-state index < -0.39 is 5.97 Å². The van der Waals surface area contributed by atoms with E-state index in [1.54, 1.807) is 0 Å². The standard InChI is InChI=1S/C25H29BO5/c1-14-6-7-15(10-20(14)26-30-24(2,3)25(4,5)31-26)13-29-17-8-9-18-16(11-17)12-19-21(18)22(19)23(27)28/h6-11,19,21-22H,12-13H2,1-5H3,(H,27,28). The number of aliphatic carboxylic acids is 1. The Hall–Kier alpha value is -2.31. The van der Waals surface area contributed by atoms with E-state index >= 15 is 0 Å². The molecule has 162 valence electrons. The van der Waals surface area contributed by atoms with E-state index in [1.165, 1.54) is 11.1 Å². The molecule has 5 rings (SSSR count). The molecule has 2 aromatic rings. The number of hydrogen-bond donors (Lipinski definition) is 1. The second-order valence-electron chi connectivity index (χ2n) is 10.2. The lowest BCUT2D eigenvalue weighted by Crippen LogP contribution is -2.41. The van der Waals surface area contributed by atoms with Crippen molar-refractivity contribution >= 4 is 18.6 Å². The second kappa shape index (κ2) is 6.85. The quantitative estimate of drug-likeness (QED) is 0.745. The SMILES string of the molecule is Cc1ccc(COc2ccc3c(c2)CC2C(C(=O)O)C32)cc1B1OC(C)(C)C(C)(C)O1. The lowest BCUT2D eigenvalue weighted by Gasteiger charge is -2.32. The van der Waals surface area contributed by atoms with Gasteiger partial charge in [-0.05, 0) is 81.2 Å². The average molecular weight is 420 g/mol. The van der Waals surface area contributed by atoms with Crippen molar-refractivity contribution in [3.63, 3.8) is 0 Å². The smallest absolute Gasteiger partial charge is 0.489 e. The maximum Gasteiger partial charge on any atom is 0.495 e. The minimum Gasteiger partial charge on any atom is -0.489 e. The summed E-state index contributed by atoms with van der Waals surface area (Å²) >= 11 is 0. The summed E-state index contributed by atoms with van der Waals surface area (Å²) in [5, 5.41) is 9.28. The molecule has 0 aromatic heterocycles. The Balaban J connectivity index is 1.28. The molecule has 1 saturated carbocycles. The van der Waals surface area contributed by atoms with Crippen LogP contribution in [0.1, 0.15) is 55.9 Å². The Morgan fingerprint density at radius 3 is 2.52 bits per heavy atom. The first-order valence-electron chi connectivity index (χ1n) is 11.0. The number of rotatable bonds is 5. The summed E-state index contributed by atoms with van der Waals surface area (Å²) in [4.78, 5) is 11.3. The van der Waals surface area contributed by atoms with E-state index in [1.807, 2.05) is 12.1 Å². The minimum absolute atomic E-state index is 0.194. The second-order valence-corrected chi connectivity index (χ2v) is 10.2. The Bertz CT molecular complexity index is 1040. The van der Waals surface area contributed by atoms with Crippen molar-refractivity contribution in [2.45, 2.75) is 64.8 Å². The minimum atomic E-state index is -0.668. The van der Waals surface area contributed by atoms with Gasteiger partial charge in [0.2, 0.25) is 0 Å². The third kappa shape index (κ3) is 3.37. The largest absolute Gasteiger partial charge is 0.495 e. The molecule has 0 radical (unpaired) electrons. The monoisotopic (exact) mass is 420 g/mol. The van der Waals surface area contributed by atoms with Gasteiger partial charge in [0.25, 0.3) is 0 Å². The third-order valence-corrected chi connectivity index (χ3v) is 7.64. The molecule has 0 bridgehead atoms. The van der Waals surface area contributed by atoms with Crippen LogP contribution in [-0.2, 0) is 27.1 Å². The van der Waals surface area contributed by atoms with Gasteiger partial charge < -0.3 is 19.2 Å². The predicted molar refractivity (Wildman–Crippen MR) is 119 cm³/mol. The van der Waals surface area contributed by atoms with Gasteiger partial charge in [-0.15, -0.1) is 0 Å². The summed E-state index contributed by atoms with van der Waals surface area (Å²) in [6.45, 7) is 10.8. The van der Waals surface area contributed by atoms with Crippen LogP contribution in [0.5, 0.6) is 5.75 Å². The molecule has 3 atom stereocenters. The van der Waals surface area contributed by atoms with Crippen molar-refractivity contribution in [2.24, 2.45) is 11.8 Å². The van der Waals surface area contributed by atoms with Crippen LogP contribution in [0.4, 0.5) is 0 Å². The average Bonchev–Trinajstić information content (AvgIpc) is 3.21. The Labute approximate surface area is 183 Å². The Morgan fingerprint density at radius 1 is 1.13 bits per heavy atom. The zero-order valence-electron chi connectivity index (χ0n) is 18.8. The number of ether oxygens (including phenoxy) is 1. The maximum atomic E-state index is 11.3. The first-order valence-corrected chi connectivity index (χ1v) is 11.0. The number of benzene rings is 2. The lowest BCUT2D eigenvalue weighted by atomic mass is 9.75. The molecule has 1 aliphatic heterocycles. The number of carboxylic acids is 1. The molecule has 0 spiro atoms. The first kappa shape index (κ1) is 20.6. The van der Waals surface area contributed by atoms with Crippen LogP contribution in [0.25, 0.3) is 0 Å². The maximum absolute atomic E-state index is 11.3. The van der Waals surface area contributed by atoms with Crippen molar-refractivity contribution in [1.82, 2.24) is 0 Å².